The SMILES string of the molecule is CCn1ccnc(NC(C)(C)CC)c1=O. The van der Waals surface area contributed by atoms with Crippen LogP contribution in [0.25, 0.3) is 0 Å². The largest absolute Gasteiger partial charge is 0.361 e. The van der Waals surface area contributed by atoms with Gasteiger partial charge in [0.15, 0.2) is 5.82 Å². The van der Waals surface area contributed by atoms with Crippen LogP contribution in [0.1, 0.15) is 34.1 Å². The van der Waals surface area contributed by atoms with Crippen molar-refractivity contribution >= 4 is 5.82 Å². The van der Waals surface area contributed by atoms with E-state index in [1.165, 1.54) is 0 Å². The topological polar surface area (TPSA) is 46.9 Å². The molecule has 1 aromatic rings. The van der Waals surface area contributed by atoms with Gasteiger partial charge in [-0.25, -0.2) is 4.98 Å². The molecule has 1 heterocycles. The molecule has 0 saturated heterocycles. The summed E-state index contributed by atoms with van der Waals surface area (Å²) in [5.41, 5.74) is -0.152. The van der Waals surface area contributed by atoms with E-state index in [1.807, 2.05) is 6.92 Å². The molecule has 0 aliphatic carbocycles. The first-order chi connectivity index (χ1) is 7.00. The van der Waals surface area contributed by atoms with Crippen LogP contribution in [-0.4, -0.2) is 15.1 Å². The van der Waals surface area contributed by atoms with Crippen molar-refractivity contribution in [2.45, 2.75) is 46.2 Å². The Morgan fingerprint density at radius 1 is 1.47 bits per heavy atom. The van der Waals surface area contributed by atoms with E-state index in [9.17, 15) is 4.79 Å². The minimum atomic E-state index is -0.0981. The molecule has 1 N–H and O–H groups in total. The second kappa shape index (κ2) is 4.47. The molecule has 4 nitrogen and oxygen atoms in total. The van der Waals surface area contributed by atoms with Gasteiger partial charge in [-0.05, 0) is 27.2 Å². The first-order valence-corrected chi connectivity index (χ1v) is 5.34. The molecule has 0 amide bonds. The Morgan fingerprint density at radius 3 is 2.67 bits per heavy atom. The zero-order valence-electron chi connectivity index (χ0n) is 9.87. The van der Waals surface area contributed by atoms with Gasteiger partial charge in [-0.15, -0.1) is 0 Å². The third kappa shape index (κ3) is 2.81. The smallest absolute Gasteiger partial charge is 0.293 e. The lowest BCUT2D eigenvalue weighted by Crippen LogP contribution is -2.35. The number of rotatable bonds is 4. The van der Waals surface area contributed by atoms with Gasteiger partial charge in [-0.1, -0.05) is 6.92 Å². The van der Waals surface area contributed by atoms with Crippen LogP contribution in [0.2, 0.25) is 0 Å². The van der Waals surface area contributed by atoms with Crippen molar-refractivity contribution in [1.82, 2.24) is 9.55 Å². The van der Waals surface area contributed by atoms with Gasteiger partial charge < -0.3 is 9.88 Å². The first kappa shape index (κ1) is 11.8. The molecule has 0 aliphatic rings. The summed E-state index contributed by atoms with van der Waals surface area (Å²) in [6, 6.07) is 0. The molecule has 0 aliphatic heterocycles. The Bertz CT molecular complexity index is 382. The molecule has 0 atom stereocenters. The summed E-state index contributed by atoms with van der Waals surface area (Å²) in [5, 5.41) is 3.17. The summed E-state index contributed by atoms with van der Waals surface area (Å²) < 4.78 is 1.64. The van der Waals surface area contributed by atoms with Crippen LogP contribution in [0, 0.1) is 0 Å². The molecule has 84 valence electrons. The molecule has 1 aromatic heterocycles. The van der Waals surface area contributed by atoms with Crippen molar-refractivity contribution in [1.29, 1.82) is 0 Å². The molecule has 0 fully saturated rings. The molecule has 0 spiro atoms. The maximum atomic E-state index is 11.8. The average molecular weight is 209 g/mol. The highest BCUT2D eigenvalue weighted by Gasteiger charge is 2.17. The zero-order chi connectivity index (χ0) is 11.5. The number of nitrogens with zero attached hydrogens (tertiary/aromatic N) is 2. The number of nitrogens with one attached hydrogen (secondary N) is 1. The minimum absolute atomic E-state index is 0.0541. The van der Waals surface area contributed by atoms with Gasteiger partial charge in [0.05, 0.1) is 0 Å². The predicted octanol–water partition coefficient (Wildman–Crippen LogP) is 1.86. The number of hydrogen-bond donors (Lipinski definition) is 1. The number of anilines is 1. The van der Waals surface area contributed by atoms with Gasteiger partial charge in [-0.2, -0.15) is 0 Å². The summed E-state index contributed by atoms with van der Waals surface area (Å²) in [4.78, 5) is 15.9. The van der Waals surface area contributed by atoms with Gasteiger partial charge in [0, 0.05) is 24.5 Å². The van der Waals surface area contributed by atoms with E-state index in [-0.39, 0.29) is 11.1 Å². The number of hydrogen-bond acceptors (Lipinski definition) is 3. The monoisotopic (exact) mass is 209 g/mol. The Hall–Kier alpha value is -1.32. The van der Waals surface area contributed by atoms with Crippen molar-refractivity contribution in [3.8, 4) is 0 Å². The fourth-order valence-electron chi connectivity index (χ4n) is 1.19. The summed E-state index contributed by atoms with van der Waals surface area (Å²) in [6.07, 6.45) is 4.29. The third-order valence-electron chi connectivity index (χ3n) is 2.60. The Balaban J connectivity index is 3.01. The summed E-state index contributed by atoms with van der Waals surface area (Å²) in [6.45, 7) is 8.79. The fourth-order valence-corrected chi connectivity index (χ4v) is 1.19. The number of aromatic nitrogens is 2. The normalized spacial score (nSPS) is 11.5. The summed E-state index contributed by atoms with van der Waals surface area (Å²) in [7, 11) is 0. The van der Waals surface area contributed by atoms with E-state index >= 15 is 0 Å². The maximum Gasteiger partial charge on any atom is 0.293 e. The zero-order valence-corrected chi connectivity index (χ0v) is 9.87. The van der Waals surface area contributed by atoms with Crippen LogP contribution in [0.15, 0.2) is 17.2 Å². The van der Waals surface area contributed by atoms with Gasteiger partial charge >= 0.3 is 0 Å². The van der Waals surface area contributed by atoms with E-state index in [1.54, 1.807) is 17.0 Å². The second-order valence-electron chi connectivity index (χ2n) is 4.23. The van der Waals surface area contributed by atoms with Crippen LogP contribution in [0.4, 0.5) is 5.82 Å². The van der Waals surface area contributed by atoms with Crippen molar-refractivity contribution in [3.63, 3.8) is 0 Å². The Labute approximate surface area is 90.3 Å². The van der Waals surface area contributed by atoms with E-state index in [4.69, 9.17) is 0 Å². The standard InChI is InChI=1S/C11H19N3O/c1-5-11(3,4)13-9-10(15)14(6-2)8-7-12-9/h7-8H,5-6H2,1-4H3,(H,12,13). The summed E-state index contributed by atoms with van der Waals surface area (Å²) in [5.74, 6) is 0.436. The van der Waals surface area contributed by atoms with E-state index in [0.717, 1.165) is 6.42 Å². The van der Waals surface area contributed by atoms with E-state index < -0.39 is 0 Å². The highest BCUT2D eigenvalue weighted by molar-refractivity contribution is 5.34. The van der Waals surface area contributed by atoms with Crippen molar-refractivity contribution in [2.24, 2.45) is 0 Å². The molecule has 15 heavy (non-hydrogen) atoms. The average Bonchev–Trinajstić information content (AvgIpc) is 2.21. The molecule has 1 rings (SSSR count). The van der Waals surface area contributed by atoms with Crippen molar-refractivity contribution in [3.05, 3.63) is 22.7 Å². The molecule has 4 heteroatoms. The lowest BCUT2D eigenvalue weighted by molar-refractivity contribution is 0.541. The van der Waals surface area contributed by atoms with Crippen molar-refractivity contribution in [2.75, 3.05) is 5.32 Å². The van der Waals surface area contributed by atoms with E-state index in [0.29, 0.717) is 12.4 Å². The Morgan fingerprint density at radius 2 is 2.13 bits per heavy atom. The molecule has 0 aromatic carbocycles. The lowest BCUT2D eigenvalue weighted by atomic mass is 10.0. The fraction of sp³-hybridized carbons (Fsp3) is 0.636. The van der Waals surface area contributed by atoms with Crippen molar-refractivity contribution < 1.29 is 0 Å². The number of aryl methyl sites for hydroxylation is 1. The third-order valence-corrected chi connectivity index (χ3v) is 2.60. The first-order valence-electron chi connectivity index (χ1n) is 5.34. The molecule has 0 bridgehead atoms. The molecule has 0 saturated carbocycles. The quantitative estimate of drug-likeness (QED) is 0.823. The van der Waals surface area contributed by atoms with Crippen LogP contribution < -0.4 is 10.9 Å². The highest BCUT2D eigenvalue weighted by atomic mass is 16.1. The molecular weight excluding hydrogens is 190 g/mol. The molecule has 0 unspecified atom stereocenters. The van der Waals surface area contributed by atoms with Crippen LogP contribution in [0.3, 0.4) is 0 Å². The van der Waals surface area contributed by atoms with Gasteiger partial charge in [0.1, 0.15) is 0 Å². The lowest BCUT2D eigenvalue weighted by Gasteiger charge is -2.24. The van der Waals surface area contributed by atoms with Crippen LogP contribution >= 0.6 is 0 Å². The van der Waals surface area contributed by atoms with E-state index in [2.05, 4.69) is 31.1 Å². The summed E-state index contributed by atoms with van der Waals surface area (Å²) >= 11 is 0. The second-order valence-corrected chi connectivity index (χ2v) is 4.23. The predicted molar refractivity (Wildman–Crippen MR) is 62.2 cm³/mol. The maximum absolute atomic E-state index is 11.8. The molecular formula is C11H19N3O. The minimum Gasteiger partial charge on any atom is -0.361 e. The van der Waals surface area contributed by atoms with Crippen LogP contribution in [0.5, 0.6) is 0 Å². The van der Waals surface area contributed by atoms with Gasteiger partial charge in [-0.3, -0.25) is 4.79 Å². The van der Waals surface area contributed by atoms with Crippen LogP contribution in [-0.2, 0) is 6.54 Å². The molecule has 0 radical (unpaired) electrons. The Kier molecular flexibility index (Phi) is 3.50. The highest BCUT2D eigenvalue weighted by Crippen LogP contribution is 2.12. The van der Waals surface area contributed by atoms with Gasteiger partial charge in [0.2, 0.25) is 0 Å². The van der Waals surface area contributed by atoms with Gasteiger partial charge in [0.25, 0.3) is 5.56 Å².